The number of aromatic nitrogens is 2. The quantitative estimate of drug-likeness (QED) is 0.113. The van der Waals surface area contributed by atoms with Crippen LogP contribution in [0.2, 0.25) is 0 Å². The number of pyridine rings is 2. The van der Waals surface area contributed by atoms with Gasteiger partial charge < -0.3 is 21.3 Å². The summed E-state index contributed by atoms with van der Waals surface area (Å²) < 4.78 is 60.2. The minimum Gasteiger partial charge on any atom is -0.505 e. The molecule has 252 valence electrons. The number of primary amides is 2. The predicted molar refractivity (Wildman–Crippen MR) is 187 cm³/mol. The molecule has 0 saturated carbocycles. The first-order chi connectivity index (χ1) is 23.3. The highest BCUT2D eigenvalue weighted by Gasteiger charge is 2.20. The zero-order valence-corrected chi connectivity index (χ0v) is 29.6. The molecule has 6 rings (SSSR count). The molecule has 15 heteroatoms. The third kappa shape index (κ3) is 9.10. The number of benzene rings is 4. The van der Waals surface area contributed by atoms with Gasteiger partial charge in [-0.25, -0.2) is 22.5 Å². The number of rotatable bonds is 6. The Hall–Kier alpha value is -4.60. The van der Waals surface area contributed by atoms with Crippen LogP contribution in [0, 0.1) is 23.3 Å². The molecule has 0 spiro atoms. The zero-order valence-electron chi connectivity index (χ0n) is 24.9. The van der Waals surface area contributed by atoms with Gasteiger partial charge in [-0.3, -0.25) is 14.6 Å². The van der Waals surface area contributed by atoms with Crippen LogP contribution in [0.5, 0.6) is 11.5 Å². The number of carbonyl (C=O) groups is 2. The number of hydrogen-bond acceptors (Lipinski definition) is 6. The molecule has 2 heterocycles. The third-order valence-corrected chi connectivity index (χ3v) is 8.56. The van der Waals surface area contributed by atoms with E-state index < -0.39 is 52.0 Å². The van der Waals surface area contributed by atoms with Gasteiger partial charge in [0.2, 0.25) is 0 Å². The van der Waals surface area contributed by atoms with E-state index in [1.807, 2.05) is 48.5 Å². The minimum absolute atomic E-state index is 0.0385. The summed E-state index contributed by atoms with van der Waals surface area (Å²) >= 11 is 10.3. The van der Waals surface area contributed by atoms with Crippen molar-refractivity contribution >= 4 is 81.4 Å². The fourth-order valence-corrected chi connectivity index (χ4v) is 5.55. The highest BCUT2D eigenvalue weighted by molar-refractivity contribution is 9.11. The van der Waals surface area contributed by atoms with Crippen LogP contribution in [0.4, 0.5) is 17.6 Å². The van der Waals surface area contributed by atoms with Crippen molar-refractivity contribution in [3.05, 3.63) is 140 Å². The molecule has 0 radical (unpaired) electrons. The van der Waals surface area contributed by atoms with Gasteiger partial charge in [-0.05, 0) is 72.8 Å². The van der Waals surface area contributed by atoms with E-state index in [1.165, 1.54) is 0 Å². The molecule has 2 aromatic heterocycles. The summed E-state index contributed by atoms with van der Waals surface area (Å²) in [5.74, 6) is -8.07. The highest BCUT2D eigenvalue weighted by Crippen LogP contribution is 2.26. The van der Waals surface area contributed by atoms with Crippen LogP contribution in [0.25, 0.3) is 21.8 Å². The van der Waals surface area contributed by atoms with Crippen LogP contribution in [-0.4, -0.2) is 26.9 Å². The van der Waals surface area contributed by atoms with Crippen molar-refractivity contribution in [3.63, 3.8) is 0 Å². The minimum atomic E-state index is -1.33. The highest BCUT2D eigenvalue weighted by atomic mass is 79.9. The van der Waals surface area contributed by atoms with Crippen LogP contribution in [0.15, 0.2) is 93.9 Å². The summed E-state index contributed by atoms with van der Waals surface area (Å²) in [5, 5.41) is 11.6. The van der Waals surface area contributed by atoms with Crippen LogP contribution >= 0.6 is 47.8 Å². The van der Waals surface area contributed by atoms with Gasteiger partial charge in [0.25, 0.3) is 11.8 Å². The lowest BCUT2D eigenvalue weighted by atomic mass is 10.1. The number of hydrogen-bond donors (Lipinski definition) is 3. The van der Waals surface area contributed by atoms with E-state index >= 15 is 0 Å². The summed E-state index contributed by atoms with van der Waals surface area (Å²) in [7, 11) is 0. The molecule has 0 aliphatic rings. The Kier molecular flexibility index (Phi) is 12.7. The van der Waals surface area contributed by atoms with E-state index in [4.69, 9.17) is 15.6 Å². The number of halogens is 7. The SMILES string of the molecule is BrCc1ccc2c(Br)cccc2n1.NC(=O)c1c(F)ccc(O)c1F.NC(=O)c1c(F)ccc(OCc2ccc3c(Br)cccc3n2)c1F. The number of carbonyl (C=O) groups excluding carboxylic acids is 2. The van der Waals surface area contributed by atoms with Gasteiger partial charge in [0.05, 0.1) is 22.4 Å². The van der Waals surface area contributed by atoms with E-state index in [2.05, 4.69) is 69.6 Å². The smallest absolute Gasteiger partial charge is 0.254 e. The second-order valence-corrected chi connectivity index (χ2v) is 12.1. The van der Waals surface area contributed by atoms with Gasteiger partial charge in [0, 0.05) is 25.0 Å². The first kappa shape index (κ1) is 37.2. The van der Waals surface area contributed by atoms with Crippen LogP contribution in [0.3, 0.4) is 0 Å². The van der Waals surface area contributed by atoms with Crippen LogP contribution < -0.4 is 16.2 Å². The second kappa shape index (κ2) is 16.7. The predicted octanol–water partition coefficient (Wildman–Crippen LogP) is 8.61. The Balaban J connectivity index is 0.000000182. The van der Waals surface area contributed by atoms with E-state index in [1.54, 1.807) is 6.07 Å². The zero-order chi connectivity index (χ0) is 35.8. The second-order valence-electron chi connectivity index (χ2n) is 9.86. The number of phenolic OH excluding ortho intramolecular Hbond substituents is 1. The maximum atomic E-state index is 14.1. The Labute approximate surface area is 301 Å². The molecule has 0 aliphatic heterocycles. The number of amides is 2. The third-order valence-electron chi connectivity index (χ3n) is 6.60. The number of ether oxygens (including phenoxy) is 1. The van der Waals surface area contributed by atoms with Gasteiger partial charge in [-0.1, -0.05) is 59.9 Å². The molecule has 5 N–H and O–H groups in total. The summed E-state index contributed by atoms with van der Waals surface area (Å²) in [5.41, 5.74) is 11.3. The molecule has 0 aliphatic carbocycles. The summed E-state index contributed by atoms with van der Waals surface area (Å²) in [6.45, 7) is -0.0385. The van der Waals surface area contributed by atoms with Gasteiger partial charge in [0.15, 0.2) is 23.1 Å². The molecule has 4 aromatic carbocycles. The topological polar surface area (TPSA) is 141 Å². The average molecular weight is 867 g/mol. The summed E-state index contributed by atoms with van der Waals surface area (Å²) in [6, 6.07) is 23.0. The van der Waals surface area contributed by atoms with E-state index in [0.717, 1.165) is 66.0 Å². The molecule has 0 fully saturated rings. The van der Waals surface area contributed by atoms with Crippen LogP contribution in [0.1, 0.15) is 32.1 Å². The van der Waals surface area contributed by atoms with Crippen molar-refractivity contribution in [2.45, 2.75) is 11.9 Å². The van der Waals surface area contributed by atoms with Crippen molar-refractivity contribution in [1.82, 2.24) is 9.97 Å². The first-order valence-electron chi connectivity index (χ1n) is 13.8. The van der Waals surface area contributed by atoms with Crippen LogP contribution in [-0.2, 0) is 11.9 Å². The molecule has 0 unspecified atom stereocenters. The van der Waals surface area contributed by atoms with E-state index in [9.17, 15) is 27.2 Å². The molecule has 8 nitrogen and oxygen atoms in total. The average Bonchev–Trinajstić information content (AvgIpc) is 3.06. The number of fused-ring (bicyclic) bond motifs is 2. The van der Waals surface area contributed by atoms with Crippen molar-refractivity contribution < 1.29 is 37.0 Å². The summed E-state index contributed by atoms with van der Waals surface area (Å²) in [6.07, 6.45) is 0. The molecule has 49 heavy (non-hydrogen) atoms. The molecule has 0 atom stereocenters. The van der Waals surface area contributed by atoms with E-state index in [0.29, 0.717) is 5.69 Å². The lowest BCUT2D eigenvalue weighted by Crippen LogP contribution is -2.16. The lowest BCUT2D eigenvalue weighted by molar-refractivity contribution is 0.0982. The molecular weight excluding hydrogens is 844 g/mol. The van der Waals surface area contributed by atoms with Gasteiger partial charge in [0.1, 0.15) is 29.4 Å². The fourth-order valence-electron chi connectivity index (χ4n) is 4.26. The molecule has 6 aromatic rings. The number of nitrogens with zero attached hydrogens (tertiary/aromatic N) is 2. The number of aromatic hydroxyl groups is 1. The molecule has 0 bridgehead atoms. The Morgan fingerprint density at radius 1 is 0.673 bits per heavy atom. The van der Waals surface area contributed by atoms with Gasteiger partial charge in [-0.2, -0.15) is 0 Å². The fraction of sp³-hybridized carbons (Fsp3) is 0.0588. The van der Waals surface area contributed by atoms with Crippen molar-refractivity contribution in [1.29, 1.82) is 0 Å². The van der Waals surface area contributed by atoms with Gasteiger partial charge >= 0.3 is 0 Å². The molecule has 2 amide bonds. The van der Waals surface area contributed by atoms with Crippen molar-refractivity contribution in [2.24, 2.45) is 11.5 Å². The number of phenols is 1. The lowest BCUT2D eigenvalue weighted by Gasteiger charge is -2.10. The van der Waals surface area contributed by atoms with Crippen molar-refractivity contribution in [2.75, 3.05) is 0 Å². The first-order valence-corrected chi connectivity index (χ1v) is 16.5. The number of nitrogens with two attached hydrogens (primary N) is 2. The van der Waals surface area contributed by atoms with Crippen molar-refractivity contribution in [3.8, 4) is 11.5 Å². The maximum absolute atomic E-state index is 14.1. The molecule has 0 saturated heterocycles. The standard InChI is InChI=1S/C17H11BrF2N2O2.C10H7Br2N.C7H5F2NO2/c18-11-2-1-3-13-10(11)5-4-9(22-13)8-24-14-7-6-12(19)15(16(14)20)17(21)23;11-6-7-4-5-8-9(12)2-1-3-10(8)13-7;8-3-1-2-4(11)6(9)5(3)7(10)12/h1-7H,8H2,(H2,21,23);1-5H,6H2;1-2,11H,(H2,10,12). The largest absolute Gasteiger partial charge is 0.505 e. The number of alkyl halides is 1. The normalized spacial score (nSPS) is 10.5. The van der Waals surface area contributed by atoms with Gasteiger partial charge in [-0.15, -0.1) is 0 Å². The van der Waals surface area contributed by atoms with E-state index in [-0.39, 0.29) is 12.4 Å². The Morgan fingerprint density at radius 2 is 1.16 bits per heavy atom. The Bertz CT molecular complexity index is 2190. The Morgan fingerprint density at radius 3 is 1.67 bits per heavy atom. The maximum Gasteiger partial charge on any atom is 0.254 e. The molecular formula is C34H23Br3F4N4O4. The monoisotopic (exact) mass is 864 g/mol. The summed E-state index contributed by atoms with van der Waals surface area (Å²) in [4.78, 5) is 30.4.